The smallest absolute Gasteiger partial charge is 0.357 e. The van der Waals surface area contributed by atoms with Crippen LogP contribution < -0.4 is 16.0 Å². The van der Waals surface area contributed by atoms with Gasteiger partial charge in [0, 0.05) is 24.3 Å². The maximum Gasteiger partial charge on any atom is 0.357 e. The summed E-state index contributed by atoms with van der Waals surface area (Å²) < 4.78 is 19.5. The SMILES string of the molecule is O=C1C=CC(=O)OS2(N=c3c(NCc4ccccc4)cc4c(c3=N2)C(=O)C2C=CC=CC2C4=O)O1. The lowest BCUT2D eigenvalue weighted by atomic mass is 9.72. The molecule has 2 aliphatic carbocycles. The predicted octanol–water partition coefficient (Wildman–Crippen LogP) is 2.41. The van der Waals surface area contributed by atoms with E-state index in [0.717, 1.165) is 17.7 Å². The van der Waals surface area contributed by atoms with E-state index in [0.29, 0.717) is 12.2 Å². The summed E-state index contributed by atoms with van der Waals surface area (Å²) >= 11 is 0. The molecule has 0 bridgehead atoms. The third kappa shape index (κ3) is 3.50. The van der Waals surface area contributed by atoms with Crippen molar-refractivity contribution in [1.29, 1.82) is 0 Å². The van der Waals surface area contributed by atoms with Crippen LogP contribution in [0, 0.1) is 11.8 Å². The molecular formula is C25H17N3O6S. The van der Waals surface area contributed by atoms with Gasteiger partial charge in [-0.15, -0.1) is 8.80 Å². The third-order valence-electron chi connectivity index (χ3n) is 6.00. The normalized spacial score (nSPS) is 23.8. The van der Waals surface area contributed by atoms with Gasteiger partial charge in [-0.25, -0.2) is 9.59 Å². The zero-order valence-corrected chi connectivity index (χ0v) is 18.9. The van der Waals surface area contributed by atoms with Gasteiger partial charge < -0.3 is 13.7 Å². The Bertz CT molecular complexity index is 1520. The summed E-state index contributed by atoms with van der Waals surface area (Å²) in [5, 5.41) is 3.53. The third-order valence-corrected chi connectivity index (χ3v) is 7.59. The van der Waals surface area contributed by atoms with E-state index < -0.39 is 34.7 Å². The van der Waals surface area contributed by atoms with Gasteiger partial charge in [-0.1, -0.05) is 54.6 Å². The maximum absolute atomic E-state index is 13.5. The highest BCUT2D eigenvalue weighted by Crippen LogP contribution is 2.55. The van der Waals surface area contributed by atoms with E-state index in [2.05, 4.69) is 14.1 Å². The lowest BCUT2D eigenvalue weighted by Crippen LogP contribution is -2.43. The van der Waals surface area contributed by atoms with Gasteiger partial charge in [0.15, 0.2) is 11.6 Å². The van der Waals surface area contributed by atoms with Crippen molar-refractivity contribution in [3.8, 4) is 0 Å². The highest BCUT2D eigenvalue weighted by molar-refractivity contribution is 8.24. The first-order valence-electron chi connectivity index (χ1n) is 10.8. The molecule has 10 heteroatoms. The lowest BCUT2D eigenvalue weighted by molar-refractivity contribution is -0.129. The molecule has 0 amide bonds. The molecule has 0 fully saturated rings. The molecular weight excluding hydrogens is 470 g/mol. The van der Waals surface area contributed by atoms with Crippen LogP contribution in [0.3, 0.4) is 0 Å². The van der Waals surface area contributed by atoms with Crippen molar-refractivity contribution >= 4 is 40.2 Å². The molecule has 1 N–H and O–H groups in total. The summed E-state index contributed by atoms with van der Waals surface area (Å²) in [5.41, 5.74) is 1.67. The number of carbonyl (C=O) groups excluding carboxylic acids is 4. The fourth-order valence-corrected chi connectivity index (χ4v) is 6.00. The molecule has 0 aromatic heterocycles. The summed E-state index contributed by atoms with van der Waals surface area (Å²) in [4.78, 5) is 51.2. The predicted molar refractivity (Wildman–Crippen MR) is 125 cm³/mol. The molecule has 2 unspecified atom stereocenters. The topological polar surface area (TPSA) is 123 Å². The molecule has 35 heavy (non-hydrogen) atoms. The van der Waals surface area contributed by atoms with Gasteiger partial charge in [0.2, 0.25) is 0 Å². The Kier molecular flexibility index (Phi) is 4.78. The number of allylic oxidation sites excluding steroid dienone is 4. The molecule has 4 aliphatic rings. The van der Waals surface area contributed by atoms with Crippen LogP contribution in [-0.2, 0) is 24.5 Å². The van der Waals surface area contributed by atoms with Crippen molar-refractivity contribution in [1.82, 2.24) is 0 Å². The minimum Gasteiger partial charge on any atom is -0.379 e. The number of anilines is 1. The minimum absolute atomic E-state index is 0.0790. The van der Waals surface area contributed by atoms with Crippen LogP contribution in [0.15, 0.2) is 81.6 Å². The molecule has 0 radical (unpaired) electrons. The first kappa shape index (κ1) is 21.2. The molecule has 2 atom stereocenters. The molecule has 6 rings (SSSR count). The van der Waals surface area contributed by atoms with E-state index in [9.17, 15) is 19.2 Å². The Labute approximate surface area is 200 Å². The quantitative estimate of drug-likeness (QED) is 0.705. The zero-order valence-electron chi connectivity index (χ0n) is 18.0. The summed E-state index contributed by atoms with van der Waals surface area (Å²) in [6.07, 6.45) is 8.73. The fraction of sp³-hybridized carbons (Fsp3) is 0.120. The number of nitrogens with one attached hydrogen (secondary N) is 1. The molecule has 2 aromatic rings. The van der Waals surface area contributed by atoms with Crippen LogP contribution in [-0.4, -0.2) is 23.5 Å². The number of ketones is 2. The second-order valence-electron chi connectivity index (χ2n) is 8.20. The molecule has 2 heterocycles. The van der Waals surface area contributed by atoms with Gasteiger partial charge in [0.1, 0.15) is 21.7 Å². The van der Waals surface area contributed by atoms with Gasteiger partial charge in [0.05, 0.1) is 23.1 Å². The monoisotopic (exact) mass is 487 g/mol. The van der Waals surface area contributed by atoms with Crippen LogP contribution in [0.25, 0.3) is 0 Å². The van der Waals surface area contributed by atoms with Gasteiger partial charge in [-0.05, 0) is 11.6 Å². The van der Waals surface area contributed by atoms with Crippen molar-refractivity contribution in [2.45, 2.75) is 6.54 Å². The van der Waals surface area contributed by atoms with E-state index in [1.54, 1.807) is 30.4 Å². The Morgan fingerprint density at radius 2 is 1.46 bits per heavy atom. The van der Waals surface area contributed by atoms with Crippen LogP contribution in [0.2, 0.25) is 0 Å². The van der Waals surface area contributed by atoms with Crippen LogP contribution >= 0.6 is 11.0 Å². The van der Waals surface area contributed by atoms with Crippen molar-refractivity contribution in [2.75, 3.05) is 5.32 Å². The van der Waals surface area contributed by atoms with E-state index in [4.69, 9.17) is 8.37 Å². The van der Waals surface area contributed by atoms with Crippen LogP contribution in [0.1, 0.15) is 26.3 Å². The Morgan fingerprint density at radius 3 is 2.14 bits per heavy atom. The number of nitrogens with zero attached hydrogens (tertiary/aromatic N) is 2. The van der Waals surface area contributed by atoms with Crippen LogP contribution in [0.4, 0.5) is 5.69 Å². The molecule has 0 saturated carbocycles. The van der Waals surface area contributed by atoms with Crippen molar-refractivity contribution in [3.63, 3.8) is 0 Å². The van der Waals surface area contributed by atoms with E-state index >= 15 is 0 Å². The number of hydrogen-bond donors (Lipinski definition) is 1. The Balaban J connectivity index is 1.55. The molecule has 2 aromatic carbocycles. The second-order valence-corrected chi connectivity index (χ2v) is 9.80. The first-order chi connectivity index (χ1) is 16.9. The number of benzene rings is 2. The molecule has 0 saturated heterocycles. The summed E-state index contributed by atoms with van der Waals surface area (Å²) in [7, 11) is -3.41. The van der Waals surface area contributed by atoms with Gasteiger partial charge in [-0.2, -0.15) is 0 Å². The van der Waals surface area contributed by atoms with Crippen LogP contribution in [0.5, 0.6) is 0 Å². The summed E-state index contributed by atoms with van der Waals surface area (Å²) in [6, 6.07) is 11.1. The van der Waals surface area contributed by atoms with Crippen molar-refractivity contribution < 1.29 is 27.5 Å². The molecule has 1 spiro atoms. The Morgan fingerprint density at radius 1 is 0.829 bits per heavy atom. The first-order valence-corrected chi connectivity index (χ1v) is 12.2. The van der Waals surface area contributed by atoms with Gasteiger partial charge in [0.25, 0.3) is 0 Å². The van der Waals surface area contributed by atoms with Crippen molar-refractivity contribution in [3.05, 3.63) is 100 Å². The minimum atomic E-state index is -3.41. The lowest BCUT2D eigenvalue weighted by Gasteiger charge is -2.28. The summed E-state index contributed by atoms with van der Waals surface area (Å²) in [5.74, 6) is -3.50. The number of carbonyl (C=O) groups is 4. The number of rotatable bonds is 3. The second kappa shape index (κ2) is 7.88. The maximum atomic E-state index is 13.5. The highest BCUT2D eigenvalue weighted by Gasteiger charge is 2.43. The largest absolute Gasteiger partial charge is 0.379 e. The Hall–Kier alpha value is -4.31. The molecule has 2 aliphatic heterocycles. The van der Waals surface area contributed by atoms with E-state index in [-0.39, 0.29) is 33.4 Å². The number of hydrogen-bond acceptors (Lipinski definition) is 9. The van der Waals surface area contributed by atoms with E-state index in [1.165, 1.54) is 0 Å². The van der Waals surface area contributed by atoms with E-state index in [1.807, 2.05) is 30.3 Å². The summed E-state index contributed by atoms with van der Waals surface area (Å²) in [6.45, 7) is 0.391. The molecule has 9 nitrogen and oxygen atoms in total. The zero-order chi connectivity index (χ0) is 24.2. The average molecular weight is 487 g/mol. The highest BCUT2D eigenvalue weighted by atomic mass is 32.3. The standard InChI is InChI=1S/C25H17N3O6S/c29-19-10-11-20(30)34-35(33-19)27-22-18(26-13-14-6-2-1-3-7-14)12-17-21(23(22)28-35)25(32)16-9-5-4-8-15(16)24(17)31/h1-12,15-16,26H,13H2. The van der Waals surface area contributed by atoms with Gasteiger partial charge in [-0.3, -0.25) is 9.59 Å². The van der Waals surface area contributed by atoms with Gasteiger partial charge >= 0.3 is 11.9 Å². The molecule has 174 valence electrons. The average Bonchev–Trinajstić information content (AvgIpc) is 3.16. The fourth-order valence-electron chi connectivity index (χ4n) is 4.41. The number of fused-ring (bicyclic) bond motifs is 4. The van der Waals surface area contributed by atoms with Crippen molar-refractivity contribution in [2.24, 2.45) is 20.6 Å². The number of Topliss-reactive ketones (excluding diaryl/α,β-unsaturated/α-hetero) is 2.